The van der Waals surface area contributed by atoms with E-state index in [4.69, 9.17) is 5.73 Å². The van der Waals surface area contributed by atoms with Crippen LogP contribution in [0.15, 0.2) is 23.7 Å². The summed E-state index contributed by atoms with van der Waals surface area (Å²) in [4.78, 5) is 33.9. The molecule has 2 amide bonds. The molecule has 6 nitrogen and oxygen atoms in total. The number of thiophene rings is 1. The third-order valence-corrected chi connectivity index (χ3v) is 6.43. The van der Waals surface area contributed by atoms with Gasteiger partial charge < -0.3 is 10.6 Å². The normalized spacial score (nSPS) is 15.1. The number of rotatable bonds is 7. The molecule has 0 saturated carbocycles. The van der Waals surface area contributed by atoms with Gasteiger partial charge in [0.05, 0.1) is 11.3 Å². The van der Waals surface area contributed by atoms with Gasteiger partial charge in [-0.25, -0.2) is 0 Å². The summed E-state index contributed by atoms with van der Waals surface area (Å²) in [6.07, 6.45) is 3.98. The largest absolute Gasteiger partial charge is 0.370 e. The molecule has 1 aliphatic heterocycles. The Kier molecular flexibility index (Phi) is 6.46. The maximum absolute atomic E-state index is 12.9. The molecule has 2 aromatic rings. The van der Waals surface area contributed by atoms with Crippen molar-refractivity contribution in [1.29, 1.82) is 0 Å². The molecule has 0 aliphatic carbocycles. The molecular formula is C21H28N4O2S. The highest BCUT2D eigenvalue weighted by Gasteiger charge is 2.27. The second-order valence-corrected chi connectivity index (χ2v) is 8.42. The van der Waals surface area contributed by atoms with Crippen LogP contribution in [0.2, 0.25) is 0 Å². The number of pyridine rings is 1. The number of carbonyl (C=O) groups excluding carboxylic acids is 2. The Balaban J connectivity index is 1.66. The fourth-order valence-corrected chi connectivity index (χ4v) is 4.62. The van der Waals surface area contributed by atoms with E-state index in [1.165, 1.54) is 10.4 Å². The first-order valence-corrected chi connectivity index (χ1v) is 10.6. The zero-order valence-electron chi connectivity index (χ0n) is 16.8. The van der Waals surface area contributed by atoms with E-state index in [1.807, 2.05) is 18.5 Å². The fraction of sp³-hybridized carbons (Fsp3) is 0.476. The summed E-state index contributed by atoms with van der Waals surface area (Å²) in [6.45, 7) is 6.54. The predicted octanol–water partition coefficient (Wildman–Crippen LogP) is 2.60. The molecule has 3 rings (SSSR count). The van der Waals surface area contributed by atoms with Gasteiger partial charge >= 0.3 is 0 Å². The summed E-state index contributed by atoms with van der Waals surface area (Å²) in [6, 6.07) is 4.04. The molecule has 28 heavy (non-hydrogen) atoms. The lowest BCUT2D eigenvalue weighted by molar-refractivity contribution is -0.118. The van der Waals surface area contributed by atoms with Gasteiger partial charge in [0.1, 0.15) is 0 Å². The summed E-state index contributed by atoms with van der Waals surface area (Å²) < 4.78 is 0. The van der Waals surface area contributed by atoms with E-state index in [9.17, 15) is 9.59 Å². The van der Waals surface area contributed by atoms with Crippen LogP contribution in [0.25, 0.3) is 0 Å². The lowest BCUT2D eigenvalue weighted by Crippen LogP contribution is -2.38. The van der Waals surface area contributed by atoms with Crippen LogP contribution in [-0.2, 0) is 30.7 Å². The van der Waals surface area contributed by atoms with Crippen molar-refractivity contribution in [2.24, 2.45) is 5.73 Å². The number of hydrogen-bond acceptors (Lipinski definition) is 5. The van der Waals surface area contributed by atoms with Gasteiger partial charge in [0.15, 0.2) is 0 Å². The lowest BCUT2D eigenvalue weighted by Gasteiger charge is -2.28. The van der Waals surface area contributed by atoms with Gasteiger partial charge in [0.25, 0.3) is 5.91 Å². The minimum Gasteiger partial charge on any atom is -0.370 e. The van der Waals surface area contributed by atoms with Gasteiger partial charge in [-0.05, 0) is 37.0 Å². The Morgan fingerprint density at radius 2 is 2.18 bits per heavy atom. The Labute approximate surface area is 170 Å². The van der Waals surface area contributed by atoms with E-state index < -0.39 is 5.91 Å². The molecule has 0 saturated heterocycles. The molecular weight excluding hydrogens is 372 g/mol. The van der Waals surface area contributed by atoms with Gasteiger partial charge in [0.2, 0.25) is 5.91 Å². The van der Waals surface area contributed by atoms with E-state index in [2.05, 4.69) is 28.9 Å². The van der Waals surface area contributed by atoms with Crippen LogP contribution in [-0.4, -0.2) is 46.2 Å². The van der Waals surface area contributed by atoms with Crippen molar-refractivity contribution >= 4 is 23.2 Å². The number of hydrogen-bond donors (Lipinski definition) is 1. The Morgan fingerprint density at radius 1 is 1.39 bits per heavy atom. The molecule has 0 fully saturated rings. The molecule has 150 valence electrons. The smallest absolute Gasteiger partial charge is 0.254 e. The van der Waals surface area contributed by atoms with Crippen LogP contribution in [0.4, 0.5) is 0 Å². The number of fused-ring (bicyclic) bond motifs is 1. The third kappa shape index (κ3) is 4.59. The van der Waals surface area contributed by atoms with Gasteiger partial charge in [0, 0.05) is 55.6 Å². The summed E-state index contributed by atoms with van der Waals surface area (Å²) in [7, 11) is 1.74. The van der Waals surface area contributed by atoms with Gasteiger partial charge in [-0.15, -0.1) is 11.3 Å². The number of carbonyl (C=O) groups is 2. The number of nitrogens with zero attached hydrogens (tertiary/aromatic N) is 3. The average Bonchev–Trinajstić information content (AvgIpc) is 3.10. The van der Waals surface area contributed by atoms with Crippen molar-refractivity contribution in [3.8, 4) is 0 Å². The quantitative estimate of drug-likeness (QED) is 0.775. The van der Waals surface area contributed by atoms with Crippen LogP contribution in [0.1, 0.15) is 52.3 Å². The first-order chi connectivity index (χ1) is 13.4. The highest BCUT2D eigenvalue weighted by molar-refractivity contribution is 7.10. The van der Waals surface area contributed by atoms with Crippen molar-refractivity contribution in [1.82, 2.24) is 14.8 Å². The fourth-order valence-electron chi connectivity index (χ4n) is 3.50. The van der Waals surface area contributed by atoms with E-state index in [0.717, 1.165) is 49.3 Å². The summed E-state index contributed by atoms with van der Waals surface area (Å²) >= 11 is 1.64. The maximum Gasteiger partial charge on any atom is 0.254 e. The Hall–Kier alpha value is -2.25. The summed E-state index contributed by atoms with van der Waals surface area (Å²) in [5.41, 5.74) is 9.52. The number of primary amides is 1. The predicted molar refractivity (Wildman–Crippen MR) is 111 cm³/mol. The molecule has 3 heterocycles. The molecule has 0 aromatic carbocycles. The number of aromatic nitrogens is 1. The molecule has 0 bridgehead atoms. The minimum absolute atomic E-state index is 0.0310. The Bertz CT molecular complexity index is 847. The van der Waals surface area contributed by atoms with Crippen LogP contribution in [0, 0.1) is 0 Å². The number of nitrogens with two attached hydrogens (primary N) is 1. The highest BCUT2D eigenvalue weighted by Crippen LogP contribution is 2.30. The Morgan fingerprint density at radius 3 is 2.82 bits per heavy atom. The van der Waals surface area contributed by atoms with Crippen molar-refractivity contribution < 1.29 is 9.59 Å². The first kappa shape index (κ1) is 20.5. The standard InChI is InChI=1S/C21H28N4O2S/c1-4-15-5-6-16(23-10-15)11-25-8-7-17-18(13-28-19(17)12-25)21(27)24(3)14(2)9-20(22)26/h5-6,10,13-14H,4,7-9,11-12H2,1-3H3,(H2,22,26)/t14-/m1/s1. The average molecular weight is 401 g/mol. The van der Waals surface area contributed by atoms with Crippen LogP contribution in [0.5, 0.6) is 0 Å². The summed E-state index contributed by atoms with van der Waals surface area (Å²) in [5, 5.41) is 1.96. The van der Waals surface area contributed by atoms with Crippen molar-refractivity contribution in [3.05, 3.63) is 51.0 Å². The first-order valence-electron chi connectivity index (χ1n) is 9.69. The monoisotopic (exact) mass is 400 g/mol. The second-order valence-electron chi connectivity index (χ2n) is 7.46. The van der Waals surface area contributed by atoms with E-state index in [0.29, 0.717) is 0 Å². The van der Waals surface area contributed by atoms with Crippen LogP contribution < -0.4 is 5.73 Å². The molecule has 1 atom stereocenters. The third-order valence-electron chi connectivity index (χ3n) is 5.41. The molecule has 1 aliphatic rings. The number of amides is 2. The molecule has 7 heteroatoms. The maximum atomic E-state index is 12.9. The van der Waals surface area contributed by atoms with Crippen molar-refractivity contribution in [3.63, 3.8) is 0 Å². The minimum atomic E-state index is -0.393. The highest BCUT2D eigenvalue weighted by atomic mass is 32.1. The molecule has 0 radical (unpaired) electrons. The van der Waals surface area contributed by atoms with Gasteiger partial charge in [-0.3, -0.25) is 19.5 Å². The van der Waals surface area contributed by atoms with Crippen molar-refractivity contribution in [2.45, 2.75) is 52.2 Å². The van der Waals surface area contributed by atoms with Crippen molar-refractivity contribution in [2.75, 3.05) is 13.6 Å². The van der Waals surface area contributed by atoms with Gasteiger partial charge in [-0.2, -0.15) is 0 Å². The molecule has 0 spiro atoms. The van der Waals surface area contributed by atoms with Crippen LogP contribution >= 0.6 is 11.3 Å². The second kappa shape index (κ2) is 8.84. The number of aryl methyl sites for hydroxylation is 1. The molecule has 2 aromatic heterocycles. The molecule has 0 unspecified atom stereocenters. The zero-order valence-corrected chi connectivity index (χ0v) is 17.6. The van der Waals surface area contributed by atoms with Gasteiger partial charge in [-0.1, -0.05) is 13.0 Å². The summed E-state index contributed by atoms with van der Waals surface area (Å²) in [5.74, 6) is -0.424. The van der Waals surface area contributed by atoms with E-state index in [1.54, 1.807) is 23.3 Å². The zero-order chi connectivity index (χ0) is 20.3. The lowest BCUT2D eigenvalue weighted by atomic mass is 10.0. The topological polar surface area (TPSA) is 79.5 Å². The molecule has 2 N–H and O–H groups in total. The van der Waals surface area contributed by atoms with Crippen LogP contribution in [0.3, 0.4) is 0 Å². The van der Waals surface area contributed by atoms with E-state index in [-0.39, 0.29) is 18.4 Å². The van der Waals surface area contributed by atoms with E-state index >= 15 is 0 Å². The SMILES string of the molecule is CCc1ccc(CN2CCc3c(C(=O)N(C)[C@H](C)CC(N)=O)csc3C2)nc1.